The van der Waals surface area contributed by atoms with Gasteiger partial charge in [-0.15, -0.1) is 10.2 Å². The lowest BCUT2D eigenvalue weighted by Crippen LogP contribution is -2.41. The summed E-state index contributed by atoms with van der Waals surface area (Å²) in [5.41, 5.74) is -2.42. The van der Waals surface area contributed by atoms with Gasteiger partial charge in [-0.2, -0.15) is 26.3 Å². The average molecular weight is 512 g/mol. The number of halogens is 7. The fraction of sp³-hybridized carbons (Fsp3) is 0.292. The predicted octanol–water partition coefficient (Wildman–Crippen LogP) is 6.18. The number of benzene rings is 2. The van der Waals surface area contributed by atoms with Gasteiger partial charge in [-0.05, 0) is 67.4 Å². The second kappa shape index (κ2) is 9.75. The summed E-state index contributed by atoms with van der Waals surface area (Å²) in [6, 6.07) is 10.0. The minimum Gasteiger partial charge on any atom is -0.354 e. The van der Waals surface area contributed by atoms with E-state index in [0.717, 1.165) is 0 Å². The van der Waals surface area contributed by atoms with Gasteiger partial charge >= 0.3 is 12.4 Å². The lowest BCUT2D eigenvalue weighted by Gasteiger charge is -2.32. The molecule has 0 bridgehead atoms. The number of aromatic nitrogens is 2. The summed E-state index contributed by atoms with van der Waals surface area (Å²) >= 11 is 0. The molecular formula is C24H19F7N4O. The van der Waals surface area contributed by atoms with Crippen LogP contribution in [0.2, 0.25) is 0 Å². The maximum Gasteiger partial charge on any atom is 0.416 e. The van der Waals surface area contributed by atoms with E-state index in [1.165, 1.54) is 12.1 Å². The van der Waals surface area contributed by atoms with Gasteiger partial charge in [0.1, 0.15) is 5.82 Å². The van der Waals surface area contributed by atoms with Crippen LogP contribution in [0.3, 0.4) is 0 Å². The molecule has 1 aromatic heterocycles. The maximum atomic E-state index is 13.1. The molecule has 1 N–H and O–H groups in total. The van der Waals surface area contributed by atoms with Crippen molar-refractivity contribution in [1.82, 2.24) is 10.2 Å². The highest BCUT2D eigenvalue weighted by Gasteiger charge is 2.37. The van der Waals surface area contributed by atoms with Crippen LogP contribution in [0.25, 0.3) is 11.3 Å². The number of nitrogens with one attached hydrogen (secondary N) is 1. The minimum absolute atomic E-state index is 0.00622. The van der Waals surface area contributed by atoms with Gasteiger partial charge in [0, 0.05) is 24.3 Å². The fourth-order valence-electron chi connectivity index (χ4n) is 3.94. The fourth-order valence-corrected chi connectivity index (χ4v) is 3.94. The smallest absolute Gasteiger partial charge is 0.354 e. The molecular weight excluding hydrogens is 493 g/mol. The van der Waals surface area contributed by atoms with Crippen molar-refractivity contribution in [3.8, 4) is 11.3 Å². The van der Waals surface area contributed by atoms with Crippen molar-refractivity contribution in [2.45, 2.75) is 25.2 Å². The van der Waals surface area contributed by atoms with Crippen LogP contribution in [0.4, 0.5) is 42.2 Å². The van der Waals surface area contributed by atoms with Crippen LogP contribution in [0.1, 0.15) is 24.0 Å². The minimum atomic E-state index is -5.01. The summed E-state index contributed by atoms with van der Waals surface area (Å²) in [6.45, 7) is 0.692. The number of carbonyl (C=O) groups is 1. The van der Waals surface area contributed by atoms with E-state index < -0.39 is 41.0 Å². The van der Waals surface area contributed by atoms with E-state index in [9.17, 15) is 35.5 Å². The van der Waals surface area contributed by atoms with Crippen molar-refractivity contribution in [2.24, 2.45) is 5.92 Å². The zero-order valence-corrected chi connectivity index (χ0v) is 18.5. The van der Waals surface area contributed by atoms with E-state index >= 15 is 0 Å². The Balaban J connectivity index is 1.47. The van der Waals surface area contributed by atoms with Gasteiger partial charge < -0.3 is 10.2 Å². The first-order valence-corrected chi connectivity index (χ1v) is 10.8. The molecule has 0 aliphatic carbocycles. The molecule has 4 rings (SSSR count). The number of anilines is 2. The van der Waals surface area contributed by atoms with Crippen molar-refractivity contribution in [1.29, 1.82) is 0 Å². The highest BCUT2D eigenvalue weighted by molar-refractivity contribution is 5.93. The molecule has 1 aliphatic rings. The number of alkyl halides is 6. The summed E-state index contributed by atoms with van der Waals surface area (Å²) in [7, 11) is 0. The van der Waals surface area contributed by atoms with Crippen molar-refractivity contribution < 1.29 is 35.5 Å². The Morgan fingerprint density at radius 3 is 2.08 bits per heavy atom. The second-order valence-corrected chi connectivity index (χ2v) is 8.35. The number of hydrogen-bond acceptors (Lipinski definition) is 4. The Hall–Kier alpha value is -3.70. The van der Waals surface area contributed by atoms with Crippen molar-refractivity contribution in [3.05, 3.63) is 71.5 Å². The molecule has 0 radical (unpaired) electrons. The Kier molecular flexibility index (Phi) is 6.87. The molecule has 3 aromatic rings. The van der Waals surface area contributed by atoms with Gasteiger partial charge in [-0.3, -0.25) is 4.79 Å². The zero-order valence-electron chi connectivity index (χ0n) is 18.5. The Bertz CT molecular complexity index is 1190. The third-order valence-electron chi connectivity index (χ3n) is 5.76. The number of amides is 1. The molecule has 36 heavy (non-hydrogen) atoms. The molecule has 1 saturated heterocycles. The molecule has 2 aromatic carbocycles. The SMILES string of the molecule is O=C(Nc1cc(C(F)(F)F)cc(C(F)(F)F)c1)C1CCCN(c2ccc(-c3ccc(F)cc3)nn2)C1. The molecule has 1 amide bonds. The standard InChI is InChI=1S/C24H19F7N4O/c25-18-5-3-14(4-6-18)20-7-8-21(34-33-20)35-9-1-2-15(13-35)22(36)32-19-11-16(23(26,27)28)10-17(12-19)24(29,30)31/h3-8,10-12,15H,1-2,9,13H2,(H,32,36). The Morgan fingerprint density at radius 2 is 1.53 bits per heavy atom. The molecule has 1 fully saturated rings. The van der Waals surface area contributed by atoms with E-state index in [-0.39, 0.29) is 18.4 Å². The third-order valence-corrected chi connectivity index (χ3v) is 5.76. The van der Waals surface area contributed by atoms with E-state index in [1.807, 2.05) is 0 Å². The lowest BCUT2D eigenvalue weighted by molar-refractivity contribution is -0.143. The molecule has 5 nitrogen and oxygen atoms in total. The number of rotatable bonds is 4. The van der Waals surface area contributed by atoms with Gasteiger partial charge in [0.25, 0.3) is 0 Å². The van der Waals surface area contributed by atoms with E-state index in [4.69, 9.17) is 0 Å². The largest absolute Gasteiger partial charge is 0.416 e. The first-order valence-electron chi connectivity index (χ1n) is 10.8. The van der Waals surface area contributed by atoms with Crippen LogP contribution in [0, 0.1) is 11.7 Å². The third kappa shape index (κ3) is 5.92. The van der Waals surface area contributed by atoms with Gasteiger partial charge in [0.15, 0.2) is 5.82 Å². The number of hydrogen-bond donors (Lipinski definition) is 1. The second-order valence-electron chi connectivity index (χ2n) is 8.35. The summed E-state index contributed by atoms with van der Waals surface area (Å²) < 4.78 is 91.7. The van der Waals surface area contributed by atoms with Gasteiger partial charge in [0.2, 0.25) is 5.91 Å². The molecule has 1 unspecified atom stereocenters. The van der Waals surface area contributed by atoms with Crippen LogP contribution in [0.5, 0.6) is 0 Å². The van der Waals surface area contributed by atoms with Gasteiger partial charge in [-0.25, -0.2) is 4.39 Å². The topological polar surface area (TPSA) is 58.1 Å². The first kappa shape index (κ1) is 25.4. The number of nitrogens with zero attached hydrogens (tertiary/aromatic N) is 3. The zero-order chi connectivity index (χ0) is 26.1. The van der Waals surface area contributed by atoms with Gasteiger partial charge in [0.05, 0.1) is 22.7 Å². The number of carbonyl (C=O) groups excluding carboxylic acids is 1. The van der Waals surface area contributed by atoms with E-state index in [2.05, 4.69) is 15.5 Å². The van der Waals surface area contributed by atoms with E-state index in [1.54, 1.807) is 29.2 Å². The van der Waals surface area contributed by atoms with E-state index in [0.29, 0.717) is 48.6 Å². The molecule has 1 aliphatic heterocycles. The highest BCUT2D eigenvalue weighted by atomic mass is 19.4. The summed E-state index contributed by atoms with van der Waals surface area (Å²) in [5.74, 6) is -1.32. The molecule has 2 heterocycles. The summed E-state index contributed by atoms with van der Waals surface area (Å²) in [4.78, 5) is 14.5. The van der Waals surface area contributed by atoms with Crippen LogP contribution < -0.4 is 10.2 Å². The summed E-state index contributed by atoms with van der Waals surface area (Å²) in [6.07, 6.45) is -9.08. The molecule has 0 spiro atoms. The molecule has 12 heteroatoms. The van der Waals surface area contributed by atoms with Crippen molar-refractivity contribution in [3.63, 3.8) is 0 Å². The Morgan fingerprint density at radius 1 is 0.889 bits per heavy atom. The predicted molar refractivity (Wildman–Crippen MR) is 117 cm³/mol. The van der Waals surface area contributed by atoms with Crippen LogP contribution in [-0.4, -0.2) is 29.2 Å². The quantitative estimate of drug-likeness (QED) is 0.425. The van der Waals surface area contributed by atoms with Crippen LogP contribution in [-0.2, 0) is 17.1 Å². The first-order chi connectivity index (χ1) is 16.9. The lowest BCUT2D eigenvalue weighted by atomic mass is 9.96. The summed E-state index contributed by atoms with van der Waals surface area (Å²) in [5, 5.41) is 10.5. The average Bonchev–Trinajstić information content (AvgIpc) is 2.83. The highest BCUT2D eigenvalue weighted by Crippen LogP contribution is 2.37. The van der Waals surface area contributed by atoms with Crippen molar-refractivity contribution >= 4 is 17.4 Å². The number of piperidine rings is 1. The normalized spacial score (nSPS) is 16.6. The molecule has 1 atom stereocenters. The van der Waals surface area contributed by atoms with Gasteiger partial charge in [-0.1, -0.05) is 0 Å². The maximum absolute atomic E-state index is 13.1. The monoisotopic (exact) mass is 512 g/mol. The Labute approximate surface area is 200 Å². The van der Waals surface area contributed by atoms with Crippen LogP contribution >= 0.6 is 0 Å². The molecule has 190 valence electrons. The van der Waals surface area contributed by atoms with Crippen molar-refractivity contribution in [2.75, 3.05) is 23.3 Å². The molecule has 0 saturated carbocycles. The van der Waals surface area contributed by atoms with Crippen LogP contribution in [0.15, 0.2) is 54.6 Å².